The van der Waals surface area contributed by atoms with E-state index in [9.17, 15) is 32.8 Å². The molecule has 7 nitrogen and oxygen atoms in total. The molecule has 8 heteroatoms. The van der Waals surface area contributed by atoms with Gasteiger partial charge in [-0.05, 0) is 12.8 Å². The van der Waals surface area contributed by atoms with E-state index in [1.54, 1.807) is 0 Å². The van der Waals surface area contributed by atoms with E-state index in [4.69, 9.17) is 0 Å². The van der Waals surface area contributed by atoms with Gasteiger partial charge in [-0.15, -0.1) is 0 Å². The van der Waals surface area contributed by atoms with Crippen LogP contribution >= 0.6 is 0 Å². The largest absolute Gasteiger partial charge is 0.481 e. The van der Waals surface area contributed by atoms with Crippen molar-refractivity contribution in [2.24, 2.45) is 5.92 Å². The molecule has 0 aliphatic carbocycles. The highest BCUT2D eigenvalue weighted by Crippen LogP contribution is 2.37. The molecule has 0 saturated heterocycles. The Kier molecular flexibility index (Phi) is 38.5. The standard InChI is InChI=1S/C48H94O7S/c1-3-5-7-9-11-13-15-17-19-21-23-25-27-29-31-33-35-37-39-41-43-45(46(49)50)48(47(51)52,56(53,54)55)44-42-40-38-36-34-32-30-28-26-24-22-20-18-16-14-12-10-8-6-4-2/h45H,3-44H2,1-2H3,(H,49,50)(H,51,52)(H,53,54,55). The van der Waals surface area contributed by atoms with Crippen molar-refractivity contribution in [2.75, 3.05) is 0 Å². The monoisotopic (exact) mass is 815 g/mol. The molecule has 2 atom stereocenters. The Hall–Kier alpha value is -1.15. The highest BCUT2D eigenvalue weighted by Gasteiger charge is 2.58. The van der Waals surface area contributed by atoms with Crippen LogP contribution in [-0.4, -0.2) is 39.9 Å². The first kappa shape index (κ1) is 54.9. The summed E-state index contributed by atoms with van der Waals surface area (Å²) >= 11 is 0. The Morgan fingerprint density at radius 2 is 0.607 bits per heavy atom. The lowest BCUT2D eigenvalue weighted by atomic mass is 9.82. The predicted molar refractivity (Wildman–Crippen MR) is 238 cm³/mol. The van der Waals surface area contributed by atoms with Crippen molar-refractivity contribution in [2.45, 2.75) is 288 Å². The van der Waals surface area contributed by atoms with Gasteiger partial charge >= 0.3 is 11.9 Å². The molecular weight excluding hydrogens is 721 g/mol. The lowest BCUT2D eigenvalue weighted by Gasteiger charge is -2.32. The van der Waals surface area contributed by atoms with Gasteiger partial charge in [0.25, 0.3) is 10.1 Å². The fourth-order valence-corrected chi connectivity index (χ4v) is 9.85. The van der Waals surface area contributed by atoms with Crippen LogP contribution in [0.25, 0.3) is 0 Å². The molecule has 334 valence electrons. The minimum atomic E-state index is -5.15. The van der Waals surface area contributed by atoms with Crippen LogP contribution in [0, 0.1) is 5.92 Å². The number of rotatable bonds is 46. The van der Waals surface area contributed by atoms with Gasteiger partial charge in [0.1, 0.15) is 0 Å². The third-order valence-corrected chi connectivity index (χ3v) is 14.0. The first-order chi connectivity index (χ1) is 27.1. The summed E-state index contributed by atoms with van der Waals surface area (Å²) < 4.78 is 32.6. The minimum Gasteiger partial charge on any atom is -0.481 e. The molecule has 0 heterocycles. The van der Waals surface area contributed by atoms with Gasteiger partial charge in [0, 0.05) is 0 Å². The second kappa shape index (κ2) is 39.3. The maximum absolute atomic E-state index is 12.6. The van der Waals surface area contributed by atoms with Crippen LogP contribution in [0.1, 0.15) is 284 Å². The van der Waals surface area contributed by atoms with E-state index in [0.29, 0.717) is 12.8 Å². The molecule has 0 bridgehead atoms. The zero-order valence-electron chi connectivity index (χ0n) is 37.2. The van der Waals surface area contributed by atoms with E-state index < -0.39 is 32.7 Å². The van der Waals surface area contributed by atoms with Crippen LogP contribution in [0.3, 0.4) is 0 Å². The third-order valence-electron chi connectivity index (χ3n) is 12.4. The maximum atomic E-state index is 12.6. The lowest BCUT2D eigenvalue weighted by Crippen LogP contribution is -2.55. The van der Waals surface area contributed by atoms with Crippen LogP contribution < -0.4 is 0 Å². The summed E-state index contributed by atoms with van der Waals surface area (Å²) in [5, 5.41) is 20.1. The molecular formula is C48H94O7S. The number of hydrogen-bond donors (Lipinski definition) is 3. The predicted octanol–water partition coefficient (Wildman–Crippen LogP) is 15.8. The van der Waals surface area contributed by atoms with Crippen LogP contribution in [0.2, 0.25) is 0 Å². The molecule has 0 saturated carbocycles. The van der Waals surface area contributed by atoms with Gasteiger partial charge in [0.05, 0.1) is 5.92 Å². The summed E-state index contributed by atoms with van der Waals surface area (Å²) in [4.78, 5) is 24.8. The van der Waals surface area contributed by atoms with Gasteiger partial charge in [-0.3, -0.25) is 14.1 Å². The SMILES string of the molecule is CCCCCCCCCCCCCCCCCCCCCCC(C(=O)O)C(CCCCCCCCCCCCCCCCCCCCCC)(C(=O)O)S(=O)(=O)O. The number of carboxylic acid groups (broad SMARTS) is 2. The molecule has 56 heavy (non-hydrogen) atoms. The molecule has 0 spiro atoms. The van der Waals surface area contributed by atoms with Gasteiger partial charge < -0.3 is 10.2 Å². The summed E-state index contributed by atoms with van der Waals surface area (Å²) in [5.41, 5.74) is 0. The molecule has 2 unspecified atom stereocenters. The molecule has 0 aliphatic heterocycles. The van der Waals surface area contributed by atoms with E-state index in [1.807, 2.05) is 0 Å². The number of aliphatic carboxylic acids is 2. The molecule has 0 aromatic carbocycles. The van der Waals surface area contributed by atoms with Crippen LogP contribution in [0.5, 0.6) is 0 Å². The first-order valence-corrected chi connectivity index (χ1v) is 26.0. The molecule has 0 rings (SSSR count). The first-order valence-electron chi connectivity index (χ1n) is 24.6. The maximum Gasteiger partial charge on any atom is 0.328 e. The highest BCUT2D eigenvalue weighted by molar-refractivity contribution is 7.88. The fraction of sp³-hybridized carbons (Fsp3) is 0.958. The van der Waals surface area contributed by atoms with Crippen molar-refractivity contribution in [1.29, 1.82) is 0 Å². The molecule has 3 N–H and O–H groups in total. The Bertz CT molecular complexity index is 984. The van der Waals surface area contributed by atoms with Gasteiger partial charge in [-0.25, -0.2) is 0 Å². The Morgan fingerprint density at radius 3 is 0.804 bits per heavy atom. The molecule has 0 aromatic rings. The highest BCUT2D eigenvalue weighted by atomic mass is 32.2. The van der Waals surface area contributed by atoms with E-state index in [-0.39, 0.29) is 19.3 Å². The number of carbonyl (C=O) groups is 2. The normalized spacial score (nSPS) is 13.6. The lowest BCUT2D eigenvalue weighted by molar-refractivity contribution is -0.152. The molecule has 0 aromatic heterocycles. The number of hydrogen-bond acceptors (Lipinski definition) is 4. The van der Waals surface area contributed by atoms with E-state index in [2.05, 4.69) is 13.8 Å². The topological polar surface area (TPSA) is 129 Å². The summed E-state index contributed by atoms with van der Waals surface area (Å²) in [5.74, 6) is -4.89. The van der Waals surface area contributed by atoms with E-state index >= 15 is 0 Å². The average Bonchev–Trinajstić information content (AvgIpc) is 3.16. The van der Waals surface area contributed by atoms with Crippen LogP contribution in [0.15, 0.2) is 0 Å². The van der Waals surface area contributed by atoms with Gasteiger partial charge in [0.15, 0.2) is 0 Å². The van der Waals surface area contributed by atoms with Crippen LogP contribution in [-0.2, 0) is 19.7 Å². The quantitative estimate of drug-likeness (QED) is 0.0412. The Morgan fingerprint density at radius 1 is 0.393 bits per heavy atom. The van der Waals surface area contributed by atoms with Crippen molar-refractivity contribution in [3.63, 3.8) is 0 Å². The second-order valence-electron chi connectivity index (χ2n) is 17.5. The van der Waals surface area contributed by atoms with Crippen molar-refractivity contribution in [1.82, 2.24) is 0 Å². The molecule has 0 amide bonds. The van der Waals surface area contributed by atoms with Crippen molar-refractivity contribution in [3.8, 4) is 0 Å². The number of carboxylic acids is 2. The number of unbranched alkanes of at least 4 members (excludes halogenated alkanes) is 38. The molecule has 0 aliphatic rings. The second-order valence-corrected chi connectivity index (χ2v) is 19.2. The van der Waals surface area contributed by atoms with Crippen molar-refractivity contribution >= 4 is 22.1 Å². The Balaban J connectivity index is 4.11. The van der Waals surface area contributed by atoms with E-state index in [0.717, 1.165) is 44.9 Å². The zero-order valence-corrected chi connectivity index (χ0v) is 38.0. The van der Waals surface area contributed by atoms with Crippen molar-refractivity contribution < 1.29 is 32.8 Å². The average molecular weight is 815 g/mol. The molecule has 0 radical (unpaired) electrons. The zero-order chi connectivity index (χ0) is 41.4. The van der Waals surface area contributed by atoms with Crippen LogP contribution in [0.4, 0.5) is 0 Å². The third kappa shape index (κ3) is 30.0. The van der Waals surface area contributed by atoms with Gasteiger partial charge in [-0.1, -0.05) is 271 Å². The minimum absolute atomic E-state index is 0.0699. The van der Waals surface area contributed by atoms with Crippen molar-refractivity contribution in [3.05, 3.63) is 0 Å². The summed E-state index contributed by atoms with van der Waals surface area (Å²) in [6, 6.07) is 0. The fourth-order valence-electron chi connectivity index (χ4n) is 8.65. The smallest absolute Gasteiger partial charge is 0.328 e. The van der Waals surface area contributed by atoms with E-state index in [1.165, 1.54) is 193 Å². The summed E-state index contributed by atoms with van der Waals surface area (Å²) in [7, 11) is -5.15. The van der Waals surface area contributed by atoms with Gasteiger partial charge in [-0.2, -0.15) is 8.42 Å². The Labute approximate surface area is 347 Å². The summed E-state index contributed by atoms with van der Waals surface area (Å²) in [6.07, 6.45) is 47.8. The van der Waals surface area contributed by atoms with Gasteiger partial charge in [0.2, 0.25) is 4.75 Å². The molecule has 0 fully saturated rings. The summed E-state index contributed by atoms with van der Waals surface area (Å²) in [6.45, 7) is 4.53.